The molecule has 0 aliphatic rings. The third-order valence-electron chi connectivity index (χ3n) is 3.05. The summed E-state index contributed by atoms with van der Waals surface area (Å²) in [7, 11) is 0. The Labute approximate surface area is 104 Å². The second kappa shape index (κ2) is 4.22. The predicted octanol–water partition coefficient (Wildman–Crippen LogP) is 3.83. The van der Waals surface area contributed by atoms with Gasteiger partial charge in [0.15, 0.2) is 0 Å². The molecule has 1 aromatic heterocycles. The molecule has 0 saturated carbocycles. The average molecular weight is 282 g/mol. The topological polar surface area (TPSA) is 39.2 Å². The summed E-state index contributed by atoms with van der Waals surface area (Å²) < 4.78 is 6.98. The van der Waals surface area contributed by atoms with Crippen LogP contribution in [-0.4, -0.2) is 0 Å². The van der Waals surface area contributed by atoms with Gasteiger partial charge in [-0.3, -0.25) is 0 Å². The smallest absolute Gasteiger partial charge is 0.135 e. The number of fused-ring (bicyclic) bond motifs is 1. The summed E-state index contributed by atoms with van der Waals surface area (Å²) in [4.78, 5) is 0. The van der Waals surface area contributed by atoms with Crippen LogP contribution in [0, 0.1) is 13.8 Å². The maximum absolute atomic E-state index is 5.81. The molecule has 1 aromatic carbocycles. The second-order valence-electron chi connectivity index (χ2n) is 4.07. The number of furan rings is 1. The summed E-state index contributed by atoms with van der Waals surface area (Å²) >= 11 is 3.62. The first-order valence-electron chi connectivity index (χ1n) is 5.50. The Kier molecular flexibility index (Phi) is 3.08. The Hall–Kier alpha value is -0.800. The Bertz CT molecular complexity index is 543. The van der Waals surface area contributed by atoms with E-state index in [-0.39, 0.29) is 0 Å². The van der Waals surface area contributed by atoms with Crippen molar-refractivity contribution in [1.29, 1.82) is 0 Å². The molecule has 2 N–H and O–H groups in total. The van der Waals surface area contributed by atoms with Crippen LogP contribution < -0.4 is 5.73 Å². The van der Waals surface area contributed by atoms with E-state index >= 15 is 0 Å². The van der Waals surface area contributed by atoms with Gasteiger partial charge in [0.05, 0.1) is 6.54 Å². The van der Waals surface area contributed by atoms with Gasteiger partial charge in [-0.2, -0.15) is 0 Å². The minimum atomic E-state index is 0.466. The Morgan fingerprint density at radius 3 is 2.62 bits per heavy atom. The van der Waals surface area contributed by atoms with Crippen molar-refractivity contribution in [3.05, 3.63) is 33.0 Å². The van der Waals surface area contributed by atoms with Crippen LogP contribution >= 0.6 is 15.9 Å². The van der Waals surface area contributed by atoms with Crippen molar-refractivity contribution in [2.75, 3.05) is 0 Å². The van der Waals surface area contributed by atoms with Gasteiger partial charge in [0.1, 0.15) is 11.3 Å². The lowest BCUT2D eigenvalue weighted by Gasteiger charge is -2.05. The lowest BCUT2D eigenvalue weighted by Crippen LogP contribution is -1.97. The van der Waals surface area contributed by atoms with E-state index in [1.807, 2.05) is 0 Å². The van der Waals surface area contributed by atoms with Gasteiger partial charge in [-0.1, -0.05) is 22.9 Å². The summed E-state index contributed by atoms with van der Waals surface area (Å²) in [5, 5.41) is 1.22. The molecule has 0 spiro atoms. The highest BCUT2D eigenvalue weighted by Crippen LogP contribution is 2.35. The van der Waals surface area contributed by atoms with Crippen LogP contribution in [0.3, 0.4) is 0 Å². The molecule has 2 nitrogen and oxygen atoms in total. The van der Waals surface area contributed by atoms with Crippen LogP contribution in [0.1, 0.15) is 29.4 Å². The van der Waals surface area contributed by atoms with Crippen LogP contribution in [0.2, 0.25) is 0 Å². The number of hydrogen-bond acceptors (Lipinski definition) is 2. The third-order valence-corrected chi connectivity index (χ3v) is 4.28. The van der Waals surface area contributed by atoms with Gasteiger partial charge >= 0.3 is 0 Å². The first-order valence-corrected chi connectivity index (χ1v) is 6.29. The molecule has 2 rings (SSSR count). The zero-order valence-corrected chi connectivity index (χ0v) is 11.4. The average Bonchev–Trinajstić information content (AvgIpc) is 2.63. The fourth-order valence-corrected chi connectivity index (χ4v) is 2.56. The van der Waals surface area contributed by atoms with Gasteiger partial charge in [-0.15, -0.1) is 0 Å². The molecule has 2 aromatic rings. The number of rotatable bonds is 2. The molecule has 3 heteroatoms. The normalized spacial score (nSPS) is 11.3. The summed E-state index contributed by atoms with van der Waals surface area (Å²) in [5.41, 5.74) is 10.4. The lowest BCUT2D eigenvalue weighted by molar-refractivity contribution is 0.546. The quantitative estimate of drug-likeness (QED) is 0.909. The lowest BCUT2D eigenvalue weighted by atomic mass is 10.0. The number of aryl methyl sites for hydroxylation is 3. The van der Waals surface area contributed by atoms with E-state index in [1.54, 1.807) is 0 Å². The van der Waals surface area contributed by atoms with E-state index in [0.29, 0.717) is 6.54 Å². The highest BCUT2D eigenvalue weighted by molar-refractivity contribution is 9.10. The third kappa shape index (κ3) is 1.59. The molecule has 0 fully saturated rings. The Morgan fingerprint density at radius 1 is 1.38 bits per heavy atom. The molecule has 16 heavy (non-hydrogen) atoms. The highest BCUT2D eigenvalue weighted by atomic mass is 79.9. The van der Waals surface area contributed by atoms with E-state index in [1.165, 1.54) is 26.5 Å². The van der Waals surface area contributed by atoms with Gasteiger partial charge in [0, 0.05) is 15.4 Å². The van der Waals surface area contributed by atoms with Gasteiger partial charge in [-0.05, 0) is 37.5 Å². The van der Waals surface area contributed by atoms with Gasteiger partial charge in [0.2, 0.25) is 0 Å². The van der Waals surface area contributed by atoms with Crippen molar-refractivity contribution >= 4 is 26.9 Å². The van der Waals surface area contributed by atoms with Crippen molar-refractivity contribution < 1.29 is 4.42 Å². The standard InChI is InChI=1S/C13H16BrNO/c1-4-9-11(6-15)16-10-5-7(2)13(14)8(3)12(9)10/h5H,4,6,15H2,1-3H3. The molecule has 0 saturated heterocycles. The molecular formula is C13H16BrNO. The van der Waals surface area contributed by atoms with E-state index in [4.69, 9.17) is 10.2 Å². The first kappa shape index (κ1) is 11.7. The van der Waals surface area contributed by atoms with Crippen LogP contribution in [-0.2, 0) is 13.0 Å². The molecule has 0 atom stereocenters. The van der Waals surface area contributed by atoms with Gasteiger partial charge < -0.3 is 10.2 Å². The highest BCUT2D eigenvalue weighted by Gasteiger charge is 2.16. The van der Waals surface area contributed by atoms with Crippen molar-refractivity contribution in [3.63, 3.8) is 0 Å². The fourth-order valence-electron chi connectivity index (χ4n) is 2.25. The molecular weight excluding hydrogens is 266 g/mol. The molecule has 1 heterocycles. The van der Waals surface area contributed by atoms with E-state index in [9.17, 15) is 0 Å². The molecule has 0 bridgehead atoms. The second-order valence-corrected chi connectivity index (χ2v) is 4.86. The molecule has 0 unspecified atom stereocenters. The summed E-state index contributed by atoms with van der Waals surface area (Å²) in [6.45, 7) is 6.80. The van der Waals surface area contributed by atoms with Crippen molar-refractivity contribution in [1.82, 2.24) is 0 Å². The summed E-state index contributed by atoms with van der Waals surface area (Å²) in [5.74, 6) is 0.915. The van der Waals surface area contributed by atoms with Crippen LogP contribution in [0.5, 0.6) is 0 Å². The van der Waals surface area contributed by atoms with Crippen molar-refractivity contribution in [3.8, 4) is 0 Å². The summed E-state index contributed by atoms with van der Waals surface area (Å²) in [6.07, 6.45) is 0.954. The van der Waals surface area contributed by atoms with E-state index in [0.717, 1.165) is 17.8 Å². The maximum Gasteiger partial charge on any atom is 0.135 e. The number of benzene rings is 1. The predicted molar refractivity (Wildman–Crippen MR) is 70.7 cm³/mol. The zero-order valence-electron chi connectivity index (χ0n) is 9.86. The summed E-state index contributed by atoms with van der Waals surface area (Å²) in [6, 6.07) is 2.07. The van der Waals surface area contributed by atoms with Crippen LogP contribution in [0.4, 0.5) is 0 Å². The molecule has 0 aliphatic heterocycles. The molecule has 86 valence electrons. The largest absolute Gasteiger partial charge is 0.459 e. The molecule has 0 aliphatic carbocycles. The number of halogens is 1. The zero-order chi connectivity index (χ0) is 11.9. The Morgan fingerprint density at radius 2 is 2.06 bits per heavy atom. The van der Waals surface area contributed by atoms with Crippen molar-refractivity contribution in [2.24, 2.45) is 5.73 Å². The Balaban J connectivity index is 2.89. The fraction of sp³-hybridized carbons (Fsp3) is 0.385. The first-order chi connectivity index (χ1) is 7.60. The monoisotopic (exact) mass is 281 g/mol. The van der Waals surface area contributed by atoms with E-state index < -0.39 is 0 Å². The molecule has 0 radical (unpaired) electrons. The van der Waals surface area contributed by atoms with Gasteiger partial charge in [0.25, 0.3) is 0 Å². The number of nitrogens with two attached hydrogens (primary N) is 1. The van der Waals surface area contributed by atoms with Crippen LogP contribution in [0.15, 0.2) is 15.0 Å². The maximum atomic E-state index is 5.81. The number of hydrogen-bond donors (Lipinski definition) is 1. The van der Waals surface area contributed by atoms with E-state index in [2.05, 4.69) is 42.8 Å². The van der Waals surface area contributed by atoms with Crippen molar-refractivity contribution in [2.45, 2.75) is 33.7 Å². The minimum Gasteiger partial charge on any atom is -0.459 e. The van der Waals surface area contributed by atoms with Gasteiger partial charge in [-0.25, -0.2) is 0 Å². The van der Waals surface area contributed by atoms with Crippen LogP contribution in [0.25, 0.3) is 11.0 Å². The SMILES string of the molecule is CCc1c(CN)oc2cc(C)c(Br)c(C)c12. The minimum absolute atomic E-state index is 0.466. The molecule has 0 amide bonds.